The van der Waals surface area contributed by atoms with Gasteiger partial charge in [-0.1, -0.05) is 11.6 Å². The second kappa shape index (κ2) is 8.02. The number of halogens is 5. The van der Waals surface area contributed by atoms with Crippen molar-refractivity contribution >= 4 is 23.2 Å². The van der Waals surface area contributed by atoms with Crippen LogP contribution in [0.25, 0.3) is 11.3 Å². The lowest BCUT2D eigenvalue weighted by molar-refractivity contribution is -0.137. The van der Waals surface area contributed by atoms with E-state index < -0.39 is 17.6 Å². The van der Waals surface area contributed by atoms with Gasteiger partial charge in [-0.15, -0.1) is 0 Å². The monoisotopic (exact) mass is 412 g/mol. The van der Waals surface area contributed by atoms with E-state index in [4.69, 9.17) is 16.0 Å². The Morgan fingerprint density at radius 2 is 1.86 bits per heavy atom. The largest absolute Gasteiger partial charge is 0.441 e. The summed E-state index contributed by atoms with van der Waals surface area (Å²) in [4.78, 5) is 16.1. The molecule has 4 nitrogen and oxygen atoms in total. The molecule has 0 unspecified atom stereocenters. The third-order valence-electron chi connectivity index (χ3n) is 3.81. The predicted molar refractivity (Wildman–Crippen MR) is 95.3 cm³/mol. The Hall–Kier alpha value is -2.87. The fourth-order valence-electron chi connectivity index (χ4n) is 2.47. The van der Waals surface area contributed by atoms with E-state index in [1.54, 1.807) is 0 Å². The highest BCUT2D eigenvalue weighted by molar-refractivity contribution is 6.30. The number of nitrogens with one attached hydrogen (secondary N) is 1. The molecule has 1 aromatic heterocycles. The SMILES string of the molecule is O=C(CCc1ncc(-c2ccc(F)cc2)o1)Nc1ccc(Cl)cc1C(F)(F)F. The first-order valence-electron chi connectivity index (χ1n) is 8.09. The number of hydrogen-bond donors (Lipinski definition) is 1. The summed E-state index contributed by atoms with van der Waals surface area (Å²) in [5.74, 6) is -0.385. The highest BCUT2D eigenvalue weighted by atomic mass is 35.5. The van der Waals surface area contributed by atoms with Gasteiger partial charge in [-0.2, -0.15) is 13.2 Å². The average Bonchev–Trinajstić information content (AvgIpc) is 3.10. The molecule has 0 aliphatic carbocycles. The van der Waals surface area contributed by atoms with Gasteiger partial charge in [0.25, 0.3) is 0 Å². The van der Waals surface area contributed by atoms with Crippen molar-refractivity contribution in [3.63, 3.8) is 0 Å². The van der Waals surface area contributed by atoms with Crippen LogP contribution >= 0.6 is 11.6 Å². The number of hydrogen-bond acceptors (Lipinski definition) is 3. The number of aryl methyl sites for hydroxylation is 1. The summed E-state index contributed by atoms with van der Waals surface area (Å²) in [5, 5.41) is 2.15. The number of aromatic nitrogens is 1. The highest BCUT2D eigenvalue weighted by Crippen LogP contribution is 2.36. The molecule has 0 aliphatic rings. The number of rotatable bonds is 5. The summed E-state index contributed by atoms with van der Waals surface area (Å²) >= 11 is 5.61. The van der Waals surface area contributed by atoms with Gasteiger partial charge >= 0.3 is 6.18 Å². The van der Waals surface area contributed by atoms with E-state index in [9.17, 15) is 22.4 Å². The van der Waals surface area contributed by atoms with Crippen LogP contribution in [0.15, 0.2) is 53.1 Å². The molecule has 0 bridgehead atoms. The van der Waals surface area contributed by atoms with Crippen LogP contribution in [0.1, 0.15) is 17.9 Å². The predicted octanol–water partition coefficient (Wildman–Crippen LogP) is 5.72. The number of nitrogens with zero attached hydrogens (tertiary/aromatic N) is 1. The van der Waals surface area contributed by atoms with Crippen LogP contribution in [0.3, 0.4) is 0 Å². The van der Waals surface area contributed by atoms with E-state index in [-0.39, 0.29) is 35.3 Å². The molecule has 28 heavy (non-hydrogen) atoms. The van der Waals surface area contributed by atoms with Crippen molar-refractivity contribution in [3.05, 3.63) is 71.0 Å². The molecule has 2 aromatic carbocycles. The average molecular weight is 413 g/mol. The van der Waals surface area contributed by atoms with E-state index in [2.05, 4.69) is 10.3 Å². The molecule has 3 rings (SSSR count). The molecule has 0 saturated carbocycles. The van der Waals surface area contributed by atoms with E-state index in [0.29, 0.717) is 11.3 Å². The van der Waals surface area contributed by atoms with E-state index in [1.165, 1.54) is 36.5 Å². The maximum Gasteiger partial charge on any atom is 0.418 e. The molecule has 0 spiro atoms. The van der Waals surface area contributed by atoms with Crippen LogP contribution in [0.2, 0.25) is 5.02 Å². The standard InChI is InChI=1S/C19H13ClF4N2O2/c20-12-3-6-15(14(9-12)19(22,23)24)26-17(27)7-8-18-25-10-16(28-18)11-1-4-13(21)5-2-11/h1-6,9-10H,7-8H2,(H,26,27). The van der Waals surface area contributed by atoms with Gasteiger partial charge < -0.3 is 9.73 Å². The molecule has 0 saturated heterocycles. The Labute approximate surface area is 162 Å². The maximum atomic E-state index is 13.1. The third kappa shape index (κ3) is 4.89. The Bertz CT molecular complexity index is 984. The summed E-state index contributed by atoms with van der Waals surface area (Å²) in [6, 6.07) is 8.69. The van der Waals surface area contributed by atoms with Crippen molar-refractivity contribution in [2.75, 3.05) is 5.32 Å². The van der Waals surface area contributed by atoms with Crippen LogP contribution < -0.4 is 5.32 Å². The molecule has 1 N–H and O–H groups in total. The van der Waals surface area contributed by atoms with Gasteiger partial charge in [0, 0.05) is 23.4 Å². The molecule has 0 radical (unpaired) electrons. The third-order valence-corrected chi connectivity index (χ3v) is 4.04. The summed E-state index contributed by atoms with van der Waals surface area (Å²) in [5.41, 5.74) is -0.787. The van der Waals surface area contributed by atoms with Crippen LogP contribution in [0.4, 0.5) is 23.2 Å². The van der Waals surface area contributed by atoms with E-state index in [1.807, 2.05) is 0 Å². The zero-order valence-electron chi connectivity index (χ0n) is 14.2. The molecule has 1 amide bonds. The van der Waals surface area contributed by atoms with Gasteiger partial charge in [-0.25, -0.2) is 9.37 Å². The smallest absolute Gasteiger partial charge is 0.418 e. The minimum Gasteiger partial charge on any atom is -0.441 e. The van der Waals surface area contributed by atoms with Gasteiger partial charge in [0.2, 0.25) is 5.91 Å². The van der Waals surface area contributed by atoms with Crippen molar-refractivity contribution in [1.82, 2.24) is 4.98 Å². The molecule has 0 fully saturated rings. The van der Waals surface area contributed by atoms with Crippen molar-refractivity contribution in [3.8, 4) is 11.3 Å². The molecule has 0 aliphatic heterocycles. The van der Waals surface area contributed by atoms with E-state index in [0.717, 1.165) is 12.1 Å². The summed E-state index contributed by atoms with van der Waals surface area (Å²) in [6.45, 7) is 0. The zero-order chi connectivity index (χ0) is 20.3. The number of carbonyl (C=O) groups excluding carboxylic acids is 1. The van der Waals surface area contributed by atoms with Crippen LogP contribution in [-0.2, 0) is 17.4 Å². The van der Waals surface area contributed by atoms with Crippen molar-refractivity contribution < 1.29 is 26.8 Å². The fourth-order valence-corrected chi connectivity index (χ4v) is 2.64. The number of oxazole rings is 1. The normalized spacial score (nSPS) is 11.5. The van der Waals surface area contributed by atoms with Crippen LogP contribution in [0.5, 0.6) is 0 Å². The molecule has 3 aromatic rings. The summed E-state index contributed by atoms with van der Waals surface area (Å²) < 4.78 is 57.6. The number of alkyl halides is 3. The summed E-state index contributed by atoms with van der Waals surface area (Å²) in [6.07, 6.45) is -3.27. The minimum atomic E-state index is -4.65. The number of amides is 1. The topological polar surface area (TPSA) is 55.1 Å². The van der Waals surface area contributed by atoms with E-state index >= 15 is 0 Å². The lowest BCUT2D eigenvalue weighted by Gasteiger charge is -2.14. The Morgan fingerprint density at radius 1 is 1.14 bits per heavy atom. The van der Waals surface area contributed by atoms with Crippen molar-refractivity contribution in [2.24, 2.45) is 0 Å². The Morgan fingerprint density at radius 3 is 2.54 bits per heavy atom. The second-order valence-electron chi connectivity index (χ2n) is 5.86. The highest BCUT2D eigenvalue weighted by Gasteiger charge is 2.34. The van der Waals surface area contributed by atoms with Gasteiger partial charge in [0.1, 0.15) is 5.82 Å². The molecule has 9 heteroatoms. The molecule has 146 valence electrons. The van der Waals surface area contributed by atoms with Crippen LogP contribution in [0, 0.1) is 5.82 Å². The first-order chi connectivity index (χ1) is 13.2. The quantitative estimate of drug-likeness (QED) is 0.545. The van der Waals surface area contributed by atoms with Crippen molar-refractivity contribution in [1.29, 1.82) is 0 Å². The number of benzene rings is 2. The van der Waals surface area contributed by atoms with Crippen molar-refractivity contribution in [2.45, 2.75) is 19.0 Å². The van der Waals surface area contributed by atoms with Gasteiger partial charge in [-0.3, -0.25) is 4.79 Å². The Balaban J connectivity index is 1.63. The molecule has 0 atom stereocenters. The van der Waals surface area contributed by atoms with Gasteiger partial charge in [0.05, 0.1) is 17.4 Å². The summed E-state index contributed by atoms with van der Waals surface area (Å²) in [7, 11) is 0. The number of anilines is 1. The number of carbonyl (C=O) groups is 1. The van der Waals surface area contributed by atoms with Crippen LogP contribution in [-0.4, -0.2) is 10.9 Å². The maximum absolute atomic E-state index is 13.1. The Kier molecular flexibility index (Phi) is 5.69. The fraction of sp³-hybridized carbons (Fsp3) is 0.158. The van der Waals surface area contributed by atoms with Gasteiger partial charge in [0.15, 0.2) is 11.7 Å². The second-order valence-corrected chi connectivity index (χ2v) is 6.30. The lowest BCUT2D eigenvalue weighted by Crippen LogP contribution is -2.17. The first-order valence-corrected chi connectivity index (χ1v) is 8.47. The zero-order valence-corrected chi connectivity index (χ0v) is 14.9. The first kappa shape index (κ1) is 19.9. The molecule has 1 heterocycles. The lowest BCUT2D eigenvalue weighted by atomic mass is 10.1. The minimum absolute atomic E-state index is 0.0848. The molecular weight excluding hydrogens is 400 g/mol. The van der Waals surface area contributed by atoms with Gasteiger partial charge in [-0.05, 0) is 42.5 Å². The molecular formula is C19H13ClF4N2O2.